The third-order valence-electron chi connectivity index (χ3n) is 1.06. The molecule has 0 rings (SSSR count). The molecule has 0 spiro atoms. The van der Waals surface area contributed by atoms with Crippen molar-refractivity contribution in [3.8, 4) is 0 Å². The predicted molar refractivity (Wildman–Crippen MR) is 44.7 cm³/mol. The molecule has 0 aliphatic heterocycles. The molecule has 0 saturated heterocycles. The molecule has 0 aliphatic rings. The second kappa shape index (κ2) is 4.40. The first-order valence-electron chi connectivity index (χ1n) is 2.98. The molecule has 0 aromatic rings. The minimum absolute atomic E-state index is 0.473. The van der Waals surface area contributed by atoms with Crippen LogP contribution in [0.25, 0.3) is 0 Å². The van der Waals surface area contributed by atoms with E-state index in [0.29, 0.717) is 6.42 Å². The molecule has 9 heavy (non-hydrogen) atoms. The summed E-state index contributed by atoms with van der Waals surface area (Å²) >= 11 is 1.66. The van der Waals surface area contributed by atoms with Crippen LogP contribution < -0.4 is 11.3 Å². The molecular weight excluding hydrogens is 234 g/mol. The summed E-state index contributed by atoms with van der Waals surface area (Å²) in [4.78, 5) is 0. The highest BCUT2D eigenvalue weighted by molar-refractivity contribution is 14.1. The van der Waals surface area contributed by atoms with E-state index < -0.39 is 3.80 Å². The molecule has 4 heteroatoms. The lowest BCUT2D eigenvalue weighted by Crippen LogP contribution is -2.39. The Morgan fingerprint density at radius 3 is 2.67 bits per heavy atom. The highest BCUT2D eigenvalue weighted by Crippen LogP contribution is 2.22. The van der Waals surface area contributed by atoms with Gasteiger partial charge < -0.3 is 0 Å². The summed E-state index contributed by atoms with van der Waals surface area (Å²) in [6.07, 6.45) is 2.33. The monoisotopic (exact) mass is 246 g/mol. The standard InChI is InChI=1S/C5H12FIN2/c1-2-3-4-5(6,7)9-8/h9H,2-4,8H2,1H3. The van der Waals surface area contributed by atoms with Gasteiger partial charge in [0, 0.05) is 6.42 Å². The van der Waals surface area contributed by atoms with Gasteiger partial charge in [-0.3, -0.25) is 5.84 Å². The third kappa shape index (κ3) is 5.05. The SMILES string of the molecule is CCCCC(F)(I)NN. The van der Waals surface area contributed by atoms with Crippen molar-refractivity contribution in [3.05, 3.63) is 0 Å². The molecule has 0 bridgehead atoms. The van der Waals surface area contributed by atoms with Gasteiger partial charge >= 0.3 is 0 Å². The van der Waals surface area contributed by atoms with Crippen molar-refractivity contribution >= 4 is 22.6 Å². The minimum Gasteiger partial charge on any atom is -0.268 e. The normalized spacial score (nSPS) is 17.3. The maximum Gasteiger partial charge on any atom is 0.224 e. The van der Waals surface area contributed by atoms with Gasteiger partial charge in [0.15, 0.2) is 0 Å². The van der Waals surface area contributed by atoms with Crippen LogP contribution in [0.4, 0.5) is 4.39 Å². The van der Waals surface area contributed by atoms with E-state index in [0.717, 1.165) is 12.8 Å². The number of halogens is 2. The molecule has 1 unspecified atom stereocenters. The predicted octanol–water partition coefficient (Wildman–Crippen LogP) is 1.70. The number of nitrogens with one attached hydrogen (secondary N) is 1. The molecule has 0 aromatic heterocycles. The lowest BCUT2D eigenvalue weighted by Gasteiger charge is -2.15. The van der Waals surface area contributed by atoms with Gasteiger partial charge in [0.2, 0.25) is 3.80 Å². The number of rotatable bonds is 4. The topological polar surface area (TPSA) is 38.0 Å². The molecule has 3 N–H and O–H groups in total. The molecule has 0 aliphatic carbocycles. The van der Waals surface area contributed by atoms with E-state index >= 15 is 0 Å². The van der Waals surface area contributed by atoms with Crippen molar-refractivity contribution < 1.29 is 4.39 Å². The average Bonchev–Trinajstić information content (AvgIpc) is 1.84. The number of hydrazine groups is 1. The van der Waals surface area contributed by atoms with Crippen molar-refractivity contribution in [1.29, 1.82) is 0 Å². The van der Waals surface area contributed by atoms with Crippen LogP contribution in [-0.4, -0.2) is 3.80 Å². The van der Waals surface area contributed by atoms with E-state index in [-0.39, 0.29) is 0 Å². The summed E-state index contributed by atoms with van der Waals surface area (Å²) in [5, 5.41) is 0. The van der Waals surface area contributed by atoms with Crippen LogP contribution in [0.2, 0.25) is 0 Å². The Labute approximate surface area is 68.5 Å². The maximum atomic E-state index is 12.8. The van der Waals surface area contributed by atoms with Gasteiger partial charge in [-0.25, -0.2) is 9.82 Å². The summed E-state index contributed by atoms with van der Waals surface area (Å²) in [6.45, 7) is 2.02. The Morgan fingerprint density at radius 2 is 2.33 bits per heavy atom. The van der Waals surface area contributed by atoms with Crippen molar-refractivity contribution in [2.45, 2.75) is 30.0 Å². The van der Waals surface area contributed by atoms with Crippen molar-refractivity contribution in [2.75, 3.05) is 0 Å². The Kier molecular flexibility index (Phi) is 4.69. The summed E-state index contributed by atoms with van der Waals surface area (Å²) in [5.41, 5.74) is 2.10. The van der Waals surface area contributed by atoms with Crippen LogP contribution in [0.15, 0.2) is 0 Å². The van der Waals surface area contributed by atoms with Crippen LogP contribution in [0.5, 0.6) is 0 Å². The van der Waals surface area contributed by atoms with E-state index in [2.05, 4.69) is 5.43 Å². The summed E-state index contributed by atoms with van der Waals surface area (Å²) in [6, 6.07) is 0. The maximum absolute atomic E-state index is 12.8. The average molecular weight is 246 g/mol. The van der Waals surface area contributed by atoms with E-state index in [4.69, 9.17) is 5.84 Å². The van der Waals surface area contributed by atoms with Crippen molar-refractivity contribution in [3.63, 3.8) is 0 Å². The van der Waals surface area contributed by atoms with Gasteiger partial charge in [0.05, 0.1) is 0 Å². The fraction of sp³-hybridized carbons (Fsp3) is 1.00. The molecule has 0 saturated carbocycles. The second-order valence-corrected chi connectivity index (χ2v) is 3.66. The van der Waals surface area contributed by atoms with E-state index in [9.17, 15) is 4.39 Å². The molecular formula is C5H12FIN2. The van der Waals surface area contributed by atoms with Gasteiger partial charge in [-0.05, 0) is 29.0 Å². The lowest BCUT2D eigenvalue weighted by atomic mass is 10.2. The number of hydrogen-bond acceptors (Lipinski definition) is 2. The summed E-state index contributed by atoms with van der Waals surface area (Å²) in [5.74, 6) is 4.91. The second-order valence-electron chi connectivity index (χ2n) is 1.95. The van der Waals surface area contributed by atoms with E-state index in [1.54, 1.807) is 22.6 Å². The van der Waals surface area contributed by atoms with E-state index in [1.807, 2.05) is 6.92 Å². The Bertz CT molecular complexity index is 77.4. The zero-order chi connectivity index (χ0) is 7.33. The number of unbranched alkanes of at least 4 members (excludes halogenated alkanes) is 1. The first kappa shape index (κ1) is 9.58. The van der Waals surface area contributed by atoms with Gasteiger partial charge in [0.25, 0.3) is 0 Å². The van der Waals surface area contributed by atoms with Gasteiger partial charge in [-0.1, -0.05) is 13.3 Å². The van der Waals surface area contributed by atoms with Crippen molar-refractivity contribution in [1.82, 2.24) is 5.43 Å². The smallest absolute Gasteiger partial charge is 0.224 e. The zero-order valence-electron chi connectivity index (χ0n) is 5.45. The Balaban J connectivity index is 3.33. The number of nitrogens with two attached hydrogens (primary N) is 1. The first-order valence-corrected chi connectivity index (χ1v) is 4.06. The molecule has 0 radical (unpaired) electrons. The van der Waals surface area contributed by atoms with Crippen LogP contribution in [-0.2, 0) is 0 Å². The van der Waals surface area contributed by atoms with Crippen LogP contribution in [0.3, 0.4) is 0 Å². The number of hydrogen-bond donors (Lipinski definition) is 2. The molecule has 2 nitrogen and oxygen atoms in total. The lowest BCUT2D eigenvalue weighted by molar-refractivity contribution is 0.234. The summed E-state index contributed by atoms with van der Waals surface area (Å²) in [7, 11) is 0. The Hall–Kier alpha value is 0.580. The number of alkyl halides is 2. The van der Waals surface area contributed by atoms with Gasteiger partial charge in [-0.2, -0.15) is 0 Å². The van der Waals surface area contributed by atoms with Crippen LogP contribution >= 0.6 is 22.6 Å². The first-order chi connectivity index (χ1) is 4.12. The third-order valence-corrected chi connectivity index (χ3v) is 1.91. The molecule has 0 fully saturated rings. The quantitative estimate of drug-likeness (QED) is 0.260. The molecule has 0 heterocycles. The van der Waals surface area contributed by atoms with Crippen LogP contribution in [0, 0.1) is 0 Å². The fourth-order valence-electron chi connectivity index (χ4n) is 0.471. The van der Waals surface area contributed by atoms with Crippen molar-refractivity contribution in [2.24, 2.45) is 5.84 Å². The Morgan fingerprint density at radius 1 is 1.78 bits per heavy atom. The molecule has 0 aromatic carbocycles. The van der Waals surface area contributed by atoms with Crippen LogP contribution in [0.1, 0.15) is 26.2 Å². The minimum atomic E-state index is -1.41. The highest BCUT2D eigenvalue weighted by Gasteiger charge is 2.21. The molecule has 56 valence electrons. The molecule has 1 atom stereocenters. The zero-order valence-corrected chi connectivity index (χ0v) is 7.61. The van der Waals surface area contributed by atoms with E-state index in [1.165, 1.54) is 0 Å². The highest BCUT2D eigenvalue weighted by atomic mass is 127. The van der Waals surface area contributed by atoms with Gasteiger partial charge in [-0.15, -0.1) is 0 Å². The molecule has 0 amide bonds. The summed E-state index contributed by atoms with van der Waals surface area (Å²) < 4.78 is 11.3. The fourth-order valence-corrected chi connectivity index (χ4v) is 0.852. The van der Waals surface area contributed by atoms with Gasteiger partial charge in [0.1, 0.15) is 0 Å². The largest absolute Gasteiger partial charge is 0.268 e.